The van der Waals surface area contributed by atoms with E-state index in [0.29, 0.717) is 17.6 Å². The van der Waals surface area contributed by atoms with Crippen LogP contribution in [-0.4, -0.2) is 5.11 Å². The second-order valence-corrected chi connectivity index (χ2v) is 11.4. The van der Waals surface area contributed by atoms with Crippen molar-refractivity contribution in [3.63, 3.8) is 0 Å². The zero-order chi connectivity index (χ0) is 26.1. The van der Waals surface area contributed by atoms with Gasteiger partial charge in [-0.3, -0.25) is 0 Å². The number of aromatic hydroxyl groups is 1. The third-order valence-corrected chi connectivity index (χ3v) is 7.88. The Morgan fingerprint density at radius 1 is 0.514 bits per heavy atom. The van der Waals surface area contributed by atoms with Crippen LogP contribution in [0.4, 0.5) is 0 Å². The summed E-state index contributed by atoms with van der Waals surface area (Å²) in [6.07, 6.45) is 17.5. The quantitative estimate of drug-likeness (QED) is 0.173. The number of rotatable bonds is 18. The summed E-state index contributed by atoms with van der Waals surface area (Å²) in [5.74, 6) is 1.77. The SMILES string of the molecule is CC(CCCCCCc1ccccc1)Cc1cccc(O)c1CC(C)CCCCCCc1ccccc1. The van der Waals surface area contributed by atoms with Crippen molar-refractivity contribution in [1.29, 1.82) is 0 Å². The van der Waals surface area contributed by atoms with E-state index in [-0.39, 0.29) is 0 Å². The second kappa shape index (κ2) is 17.1. The molecule has 3 rings (SSSR count). The van der Waals surface area contributed by atoms with Crippen molar-refractivity contribution in [2.75, 3.05) is 0 Å². The molecule has 0 heterocycles. The minimum absolute atomic E-state index is 0.500. The number of benzene rings is 3. The molecule has 3 aromatic rings. The monoisotopic (exact) mass is 498 g/mol. The van der Waals surface area contributed by atoms with Crippen molar-refractivity contribution in [2.24, 2.45) is 11.8 Å². The van der Waals surface area contributed by atoms with Crippen LogP contribution in [0, 0.1) is 11.8 Å². The molecule has 2 atom stereocenters. The average Bonchev–Trinajstić information content (AvgIpc) is 2.91. The smallest absolute Gasteiger partial charge is 0.119 e. The molecular formula is C36H50O. The third-order valence-electron chi connectivity index (χ3n) is 7.88. The first-order chi connectivity index (χ1) is 18.1. The lowest BCUT2D eigenvalue weighted by Crippen LogP contribution is -2.07. The lowest BCUT2D eigenvalue weighted by atomic mass is 9.87. The van der Waals surface area contributed by atoms with Gasteiger partial charge in [-0.05, 0) is 78.7 Å². The average molecular weight is 499 g/mol. The van der Waals surface area contributed by atoms with Gasteiger partial charge in [0.15, 0.2) is 0 Å². The van der Waals surface area contributed by atoms with Crippen molar-refractivity contribution >= 4 is 0 Å². The summed E-state index contributed by atoms with van der Waals surface area (Å²) in [5, 5.41) is 10.7. The van der Waals surface area contributed by atoms with Gasteiger partial charge in [0.2, 0.25) is 0 Å². The largest absolute Gasteiger partial charge is 0.508 e. The van der Waals surface area contributed by atoms with Gasteiger partial charge >= 0.3 is 0 Å². The molecule has 0 radical (unpaired) electrons. The Morgan fingerprint density at radius 3 is 1.54 bits per heavy atom. The molecule has 1 nitrogen and oxygen atoms in total. The molecule has 1 heteroatoms. The standard InChI is InChI=1S/C36H50O/c1-30(18-9-3-5-11-20-32-22-13-7-14-23-32)28-34-26-17-27-36(37)35(34)29-31(2)19-10-4-6-12-21-33-24-15-8-16-25-33/h7-8,13-17,22-27,30-31,37H,3-6,9-12,18-21,28-29H2,1-2H3. The van der Waals surface area contributed by atoms with Crippen molar-refractivity contribution in [3.05, 3.63) is 101 Å². The van der Waals surface area contributed by atoms with Gasteiger partial charge in [0.1, 0.15) is 5.75 Å². The maximum absolute atomic E-state index is 10.7. The summed E-state index contributed by atoms with van der Waals surface area (Å²) in [4.78, 5) is 0. The fraction of sp³-hybridized carbons (Fsp3) is 0.500. The van der Waals surface area contributed by atoms with Crippen molar-refractivity contribution in [2.45, 2.75) is 104 Å². The first kappa shape index (κ1) is 29.0. The maximum Gasteiger partial charge on any atom is 0.119 e. The van der Waals surface area contributed by atoms with Crippen LogP contribution in [0.25, 0.3) is 0 Å². The maximum atomic E-state index is 10.7. The lowest BCUT2D eigenvalue weighted by Gasteiger charge is -2.19. The highest BCUT2D eigenvalue weighted by Crippen LogP contribution is 2.29. The molecule has 0 aromatic heterocycles. The minimum Gasteiger partial charge on any atom is -0.508 e. The van der Waals surface area contributed by atoms with E-state index in [4.69, 9.17) is 0 Å². The molecule has 37 heavy (non-hydrogen) atoms. The van der Waals surface area contributed by atoms with Crippen LogP contribution in [0.15, 0.2) is 78.9 Å². The molecule has 0 bridgehead atoms. The van der Waals surface area contributed by atoms with Crippen LogP contribution in [0.1, 0.15) is 100 Å². The Bertz CT molecular complexity index is 978. The molecular weight excluding hydrogens is 448 g/mol. The summed E-state index contributed by atoms with van der Waals surface area (Å²) in [6.45, 7) is 4.75. The highest BCUT2D eigenvalue weighted by molar-refractivity contribution is 5.40. The van der Waals surface area contributed by atoms with E-state index >= 15 is 0 Å². The fourth-order valence-electron chi connectivity index (χ4n) is 5.62. The van der Waals surface area contributed by atoms with E-state index in [9.17, 15) is 5.11 Å². The molecule has 0 aliphatic rings. The molecule has 3 aromatic carbocycles. The molecule has 200 valence electrons. The number of hydrogen-bond acceptors (Lipinski definition) is 1. The van der Waals surface area contributed by atoms with Crippen LogP contribution < -0.4 is 0 Å². The first-order valence-electron chi connectivity index (χ1n) is 15.0. The van der Waals surface area contributed by atoms with E-state index in [1.165, 1.54) is 99.3 Å². The van der Waals surface area contributed by atoms with E-state index in [1.54, 1.807) is 0 Å². The van der Waals surface area contributed by atoms with Gasteiger partial charge in [-0.25, -0.2) is 0 Å². The van der Waals surface area contributed by atoms with Gasteiger partial charge in [-0.2, -0.15) is 0 Å². The fourth-order valence-corrected chi connectivity index (χ4v) is 5.62. The zero-order valence-electron chi connectivity index (χ0n) is 23.5. The normalized spacial score (nSPS) is 12.9. The number of phenols is 1. The summed E-state index contributed by atoms with van der Waals surface area (Å²) >= 11 is 0. The molecule has 0 aliphatic heterocycles. The predicted octanol–water partition coefficient (Wildman–Crippen LogP) is 10.1. The highest BCUT2D eigenvalue weighted by Gasteiger charge is 2.14. The van der Waals surface area contributed by atoms with Crippen molar-refractivity contribution in [1.82, 2.24) is 0 Å². The van der Waals surface area contributed by atoms with Crippen molar-refractivity contribution in [3.8, 4) is 5.75 Å². The Morgan fingerprint density at radius 2 is 1.00 bits per heavy atom. The Hall–Kier alpha value is -2.54. The van der Waals surface area contributed by atoms with Gasteiger partial charge in [-0.1, -0.05) is 138 Å². The Kier molecular flexibility index (Phi) is 13.4. The highest BCUT2D eigenvalue weighted by atomic mass is 16.3. The van der Waals surface area contributed by atoms with Crippen molar-refractivity contribution < 1.29 is 5.11 Å². The topological polar surface area (TPSA) is 20.2 Å². The number of phenolic OH excluding ortho intramolecular Hbond substituents is 1. The van der Waals surface area contributed by atoms with Gasteiger partial charge < -0.3 is 5.11 Å². The lowest BCUT2D eigenvalue weighted by molar-refractivity contribution is 0.438. The van der Waals surface area contributed by atoms with E-state index < -0.39 is 0 Å². The third kappa shape index (κ3) is 11.6. The van der Waals surface area contributed by atoms with Gasteiger partial charge in [0, 0.05) is 0 Å². The molecule has 0 aliphatic carbocycles. The van der Waals surface area contributed by atoms with E-state index in [0.717, 1.165) is 12.8 Å². The molecule has 0 fully saturated rings. The first-order valence-corrected chi connectivity index (χ1v) is 15.0. The summed E-state index contributed by atoms with van der Waals surface area (Å²) in [7, 11) is 0. The number of aryl methyl sites for hydroxylation is 2. The summed E-state index contributed by atoms with van der Waals surface area (Å²) < 4.78 is 0. The predicted molar refractivity (Wildman–Crippen MR) is 160 cm³/mol. The molecule has 2 unspecified atom stereocenters. The van der Waals surface area contributed by atoms with E-state index in [1.807, 2.05) is 12.1 Å². The van der Waals surface area contributed by atoms with Gasteiger partial charge in [0.05, 0.1) is 0 Å². The summed E-state index contributed by atoms with van der Waals surface area (Å²) in [5.41, 5.74) is 5.49. The molecule has 0 saturated heterocycles. The summed E-state index contributed by atoms with van der Waals surface area (Å²) in [6, 6.07) is 27.9. The molecule has 1 N–H and O–H groups in total. The number of hydrogen-bond donors (Lipinski definition) is 1. The van der Waals surface area contributed by atoms with Gasteiger partial charge in [-0.15, -0.1) is 0 Å². The number of unbranched alkanes of at least 4 members (excludes halogenated alkanes) is 6. The van der Waals surface area contributed by atoms with Crippen LogP contribution in [0.3, 0.4) is 0 Å². The van der Waals surface area contributed by atoms with Crippen LogP contribution in [-0.2, 0) is 25.7 Å². The van der Waals surface area contributed by atoms with Gasteiger partial charge in [0.25, 0.3) is 0 Å². The van der Waals surface area contributed by atoms with E-state index in [2.05, 4.69) is 80.6 Å². The molecule has 0 spiro atoms. The molecule has 0 saturated carbocycles. The van der Waals surface area contributed by atoms with Crippen LogP contribution in [0.2, 0.25) is 0 Å². The van der Waals surface area contributed by atoms with Crippen LogP contribution in [0.5, 0.6) is 5.75 Å². The Balaban J connectivity index is 1.31. The minimum atomic E-state index is 0.500. The van der Waals surface area contributed by atoms with Crippen LogP contribution >= 0.6 is 0 Å². The second-order valence-electron chi connectivity index (χ2n) is 11.4. The Labute approximate surface area is 227 Å². The zero-order valence-corrected chi connectivity index (χ0v) is 23.5. The molecule has 0 amide bonds.